The van der Waals surface area contributed by atoms with Gasteiger partial charge in [0.2, 0.25) is 0 Å². The SMILES string of the molecule is COc1cccc(SCc2ccc(OCc3cccnc3)cc2)c1. The second-order valence-corrected chi connectivity index (χ2v) is 6.31. The molecule has 4 heteroatoms. The molecule has 0 unspecified atom stereocenters. The van der Waals surface area contributed by atoms with E-state index in [1.807, 2.05) is 42.6 Å². The lowest BCUT2D eigenvalue weighted by molar-refractivity contribution is 0.305. The van der Waals surface area contributed by atoms with Crippen LogP contribution in [0.2, 0.25) is 0 Å². The zero-order valence-corrected chi connectivity index (χ0v) is 14.3. The van der Waals surface area contributed by atoms with E-state index in [-0.39, 0.29) is 0 Å². The highest BCUT2D eigenvalue weighted by Crippen LogP contribution is 2.26. The third kappa shape index (κ3) is 4.77. The Morgan fingerprint density at radius 3 is 2.54 bits per heavy atom. The number of thioether (sulfide) groups is 1. The maximum Gasteiger partial charge on any atom is 0.119 e. The monoisotopic (exact) mass is 337 g/mol. The average molecular weight is 337 g/mol. The largest absolute Gasteiger partial charge is 0.497 e. The molecule has 0 radical (unpaired) electrons. The van der Waals surface area contributed by atoms with Gasteiger partial charge < -0.3 is 9.47 Å². The Hall–Kier alpha value is -2.46. The molecule has 3 rings (SSSR count). The summed E-state index contributed by atoms with van der Waals surface area (Å²) in [4.78, 5) is 5.29. The van der Waals surface area contributed by atoms with E-state index in [4.69, 9.17) is 9.47 Å². The van der Waals surface area contributed by atoms with Gasteiger partial charge in [0.05, 0.1) is 7.11 Å². The number of pyridine rings is 1. The number of nitrogens with zero attached hydrogens (tertiary/aromatic N) is 1. The molecule has 2 aromatic carbocycles. The first-order valence-corrected chi connectivity index (χ1v) is 8.69. The molecule has 1 aromatic heterocycles. The molecule has 122 valence electrons. The van der Waals surface area contributed by atoms with Crippen molar-refractivity contribution < 1.29 is 9.47 Å². The predicted molar refractivity (Wildman–Crippen MR) is 97.6 cm³/mol. The van der Waals surface area contributed by atoms with Crippen LogP contribution in [0, 0.1) is 0 Å². The van der Waals surface area contributed by atoms with Gasteiger partial charge in [-0.1, -0.05) is 24.3 Å². The molecule has 0 fully saturated rings. The molecule has 0 saturated carbocycles. The fraction of sp³-hybridized carbons (Fsp3) is 0.150. The maximum absolute atomic E-state index is 5.78. The van der Waals surface area contributed by atoms with Gasteiger partial charge in [-0.25, -0.2) is 0 Å². The van der Waals surface area contributed by atoms with Crippen molar-refractivity contribution in [2.45, 2.75) is 17.3 Å². The molecular formula is C20H19NO2S. The Morgan fingerprint density at radius 1 is 0.917 bits per heavy atom. The minimum Gasteiger partial charge on any atom is -0.497 e. The molecule has 3 nitrogen and oxygen atoms in total. The van der Waals surface area contributed by atoms with Crippen LogP contribution in [-0.2, 0) is 12.4 Å². The molecule has 0 saturated heterocycles. The summed E-state index contributed by atoms with van der Waals surface area (Å²) in [7, 11) is 1.69. The zero-order valence-electron chi connectivity index (χ0n) is 13.5. The highest BCUT2D eigenvalue weighted by atomic mass is 32.2. The van der Waals surface area contributed by atoms with E-state index in [9.17, 15) is 0 Å². The van der Waals surface area contributed by atoms with Gasteiger partial charge in [-0.2, -0.15) is 0 Å². The molecule has 0 aliphatic heterocycles. The van der Waals surface area contributed by atoms with Crippen molar-refractivity contribution in [1.82, 2.24) is 4.98 Å². The van der Waals surface area contributed by atoms with E-state index in [1.54, 1.807) is 25.1 Å². The predicted octanol–water partition coefficient (Wildman–Crippen LogP) is 4.96. The lowest BCUT2D eigenvalue weighted by Crippen LogP contribution is -1.95. The van der Waals surface area contributed by atoms with E-state index >= 15 is 0 Å². The summed E-state index contributed by atoms with van der Waals surface area (Å²) in [5.74, 6) is 2.67. The van der Waals surface area contributed by atoms with E-state index in [0.717, 1.165) is 22.8 Å². The molecule has 0 spiro atoms. The Balaban J connectivity index is 1.52. The number of rotatable bonds is 7. The number of hydrogen-bond donors (Lipinski definition) is 0. The second kappa shape index (κ2) is 8.41. The van der Waals surface area contributed by atoms with Crippen LogP contribution in [0.1, 0.15) is 11.1 Å². The fourth-order valence-corrected chi connectivity index (χ4v) is 3.09. The normalized spacial score (nSPS) is 10.4. The first-order valence-electron chi connectivity index (χ1n) is 7.71. The summed E-state index contributed by atoms with van der Waals surface area (Å²) in [6.07, 6.45) is 3.58. The standard InChI is InChI=1S/C20H19NO2S/c1-22-19-5-2-6-20(12-19)24-15-16-7-9-18(10-8-16)23-14-17-4-3-11-21-13-17/h2-13H,14-15H2,1H3. The van der Waals surface area contributed by atoms with Gasteiger partial charge in [0, 0.05) is 28.6 Å². The summed E-state index contributed by atoms with van der Waals surface area (Å²) in [5, 5.41) is 0. The van der Waals surface area contributed by atoms with Gasteiger partial charge in [-0.15, -0.1) is 11.8 Å². The third-order valence-electron chi connectivity index (χ3n) is 3.50. The van der Waals surface area contributed by atoms with Gasteiger partial charge in [0.25, 0.3) is 0 Å². The van der Waals surface area contributed by atoms with Crippen molar-refractivity contribution in [2.24, 2.45) is 0 Å². The summed E-state index contributed by atoms with van der Waals surface area (Å²) in [5.41, 5.74) is 2.33. The Bertz CT molecular complexity index is 760. The third-order valence-corrected chi connectivity index (χ3v) is 4.56. The molecule has 0 atom stereocenters. The average Bonchev–Trinajstić information content (AvgIpc) is 2.66. The van der Waals surface area contributed by atoms with Gasteiger partial charge in [0.1, 0.15) is 18.1 Å². The maximum atomic E-state index is 5.78. The molecule has 0 amide bonds. The van der Waals surface area contributed by atoms with Crippen LogP contribution in [0.25, 0.3) is 0 Å². The Kier molecular flexibility index (Phi) is 5.75. The van der Waals surface area contributed by atoms with Crippen molar-refractivity contribution in [2.75, 3.05) is 7.11 Å². The molecule has 1 heterocycles. The van der Waals surface area contributed by atoms with Crippen molar-refractivity contribution >= 4 is 11.8 Å². The van der Waals surface area contributed by atoms with Crippen molar-refractivity contribution in [3.8, 4) is 11.5 Å². The summed E-state index contributed by atoms with van der Waals surface area (Å²) in [6.45, 7) is 0.533. The fourth-order valence-electron chi connectivity index (χ4n) is 2.19. The number of aromatic nitrogens is 1. The summed E-state index contributed by atoms with van der Waals surface area (Å²) < 4.78 is 11.0. The second-order valence-electron chi connectivity index (χ2n) is 5.26. The van der Waals surface area contributed by atoms with Crippen LogP contribution >= 0.6 is 11.8 Å². The molecule has 0 aliphatic carbocycles. The first-order chi connectivity index (χ1) is 11.8. The quantitative estimate of drug-likeness (QED) is 0.570. The first kappa shape index (κ1) is 16.4. The lowest BCUT2D eigenvalue weighted by Gasteiger charge is -2.08. The zero-order chi connectivity index (χ0) is 16.6. The highest BCUT2D eigenvalue weighted by Gasteiger charge is 2.00. The molecule has 0 aliphatic rings. The molecule has 0 N–H and O–H groups in total. The lowest BCUT2D eigenvalue weighted by atomic mass is 10.2. The molecule has 0 bridgehead atoms. The van der Waals surface area contributed by atoms with Gasteiger partial charge >= 0.3 is 0 Å². The number of hydrogen-bond acceptors (Lipinski definition) is 4. The molecular weight excluding hydrogens is 318 g/mol. The smallest absolute Gasteiger partial charge is 0.119 e. The van der Waals surface area contributed by atoms with Crippen LogP contribution in [0.15, 0.2) is 78.0 Å². The van der Waals surface area contributed by atoms with Crippen LogP contribution in [0.5, 0.6) is 11.5 Å². The number of methoxy groups -OCH3 is 1. The van der Waals surface area contributed by atoms with Crippen molar-refractivity contribution in [1.29, 1.82) is 0 Å². The van der Waals surface area contributed by atoms with Gasteiger partial charge in [-0.3, -0.25) is 4.98 Å². The minimum atomic E-state index is 0.533. The Morgan fingerprint density at radius 2 is 1.79 bits per heavy atom. The van der Waals surface area contributed by atoms with Gasteiger partial charge in [0.15, 0.2) is 0 Å². The topological polar surface area (TPSA) is 31.4 Å². The number of benzene rings is 2. The van der Waals surface area contributed by atoms with E-state index in [0.29, 0.717) is 6.61 Å². The molecule has 24 heavy (non-hydrogen) atoms. The van der Waals surface area contributed by atoms with E-state index in [2.05, 4.69) is 29.2 Å². The number of ether oxygens (including phenoxy) is 2. The van der Waals surface area contributed by atoms with Crippen molar-refractivity contribution in [3.63, 3.8) is 0 Å². The van der Waals surface area contributed by atoms with E-state index < -0.39 is 0 Å². The summed E-state index contributed by atoms with van der Waals surface area (Å²) in [6, 6.07) is 20.3. The molecule has 3 aromatic rings. The van der Waals surface area contributed by atoms with Crippen molar-refractivity contribution in [3.05, 3.63) is 84.2 Å². The highest BCUT2D eigenvalue weighted by molar-refractivity contribution is 7.98. The van der Waals surface area contributed by atoms with Crippen LogP contribution in [0.3, 0.4) is 0 Å². The van der Waals surface area contributed by atoms with Crippen LogP contribution in [0.4, 0.5) is 0 Å². The summed E-state index contributed by atoms with van der Waals surface area (Å²) >= 11 is 1.79. The van der Waals surface area contributed by atoms with Crippen LogP contribution < -0.4 is 9.47 Å². The van der Waals surface area contributed by atoms with Crippen LogP contribution in [-0.4, -0.2) is 12.1 Å². The van der Waals surface area contributed by atoms with E-state index in [1.165, 1.54) is 10.5 Å². The minimum absolute atomic E-state index is 0.533. The van der Waals surface area contributed by atoms with Gasteiger partial charge in [-0.05, 0) is 42.0 Å². The Labute approximate surface area is 146 Å².